The molecule has 1 unspecified atom stereocenters. The summed E-state index contributed by atoms with van der Waals surface area (Å²) >= 11 is 2.95. The van der Waals surface area contributed by atoms with Crippen LogP contribution in [0.5, 0.6) is 0 Å². The SMILES string of the molecule is CCc1cc(C(C)(C)S(=O)[O-])c(S(C)(=O)=O)cc1C(=O)Cl. The van der Waals surface area contributed by atoms with Crippen LogP contribution in [-0.2, 0) is 32.1 Å². The largest absolute Gasteiger partial charge is 0.772 e. The summed E-state index contributed by atoms with van der Waals surface area (Å²) in [6.45, 7) is 4.58. The first-order valence-electron chi connectivity index (χ1n) is 6.09. The summed E-state index contributed by atoms with van der Waals surface area (Å²) in [5.41, 5.74) is 0.726. The Morgan fingerprint density at radius 1 is 1.38 bits per heavy atom. The van der Waals surface area contributed by atoms with Gasteiger partial charge in [0, 0.05) is 11.8 Å². The summed E-state index contributed by atoms with van der Waals surface area (Å²) in [7, 11) is -3.72. The van der Waals surface area contributed by atoms with E-state index in [9.17, 15) is 22.0 Å². The van der Waals surface area contributed by atoms with Gasteiger partial charge in [0.05, 0.1) is 9.64 Å². The molecule has 1 aromatic rings. The number of rotatable bonds is 5. The molecule has 1 aromatic carbocycles. The zero-order chi connectivity index (χ0) is 16.6. The monoisotopic (exact) mass is 351 g/mol. The van der Waals surface area contributed by atoms with Crippen molar-refractivity contribution in [1.82, 2.24) is 0 Å². The maximum absolute atomic E-state index is 11.9. The molecule has 0 N–H and O–H groups in total. The van der Waals surface area contributed by atoms with E-state index in [4.69, 9.17) is 11.6 Å². The number of halogens is 1. The standard InChI is InChI=1S/C13H17ClO5S2/c1-5-8-6-10(13(2,3)20(16)17)11(21(4,18)19)7-9(8)12(14)15/h6-7H,5H2,1-4H3,(H,16,17)/p-1. The van der Waals surface area contributed by atoms with Crippen molar-refractivity contribution in [1.29, 1.82) is 0 Å². The summed E-state index contributed by atoms with van der Waals surface area (Å²) in [6, 6.07) is 2.59. The van der Waals surface area contributed by atoms with E-state index in [0.717, 1.165) is 12.3 Å². The molecule has 0 radical (unpaired) electrons. The highest BCUT2D eigenvalue weighted by Crippen LogP contribution is 2.34. The van der Waals surface area contributed by atoms with Gasteiger partial charge in [-0.1, -0.05) is 13.0 Å². The molecule has 118 valence electrons. The van der Waals surface area contributed by atoms with Crippen molar-refractivity contribution in [2.45, 2.75) is 36.8 Å². The predicted octanol–water partition coefficient (Wildman–Crippen LogP) is 2.15. The van der Waals surface area contributed by atoms with E-state index in [-0.39, 0.29) is 16.0 Å². The summed E-state index contributed by atoms with van der Waals surface area (Å²) in [6.07, 6.45) is 1.39. The minimum Gasteiger partial charge on any atom is -0.772 e. The molecule has 0 amide bonds. The van der Waals surface area contributed by atoms with Gasteiger partial charge < -0.3 is 4.55 Å². The third-order valence-electron chi connectivity index (χ3n) is 3.26. The van der Waals surface area contributed by atoms with Gasteiger partial charge in [0.2, 0.25) is 0 Å². The topological polar surface area (TPSA) is 91.3 Å². The number of sulfone groups is 1. The molecule has 0 aliphatic carbocycles. The van der Waals surface area contributed by atoms with Crippen LogP contribution >= 0.6 is 11.6 Å². The summed E-state index contributed by atoms with van der Waals surface area (Å²) < 4.78 is 45.3. The highest BCUT2D eigenvalue weighted by molar-refractivity contribution is 7.90. The average Bonchev–Trinajstić information content (AvgIpc) is 2.35. The molecule has 0 spiro atoms. The molecule has 1 rings (SSSR count). The fourth-order valence-electron chi connectivity index (χ4n) is 1.97. The predicted molar refractivity (Wildman–Crippen MR) is 81.1 cm³/mol. The Labute approximate surface area is 131 Å². The molecule has 8 heteroatoms. The molecule has 0 bridgehead atoms. The van der Waals surface area contributed by atoms with Crippen LogP contribution in [0, 0.1) is 0 Å². The van der Waals surface area contributed by atoms with E-state index in [1.807, 2.05) is 0 Å². The smallest absolute Gasteiger partial charge is 0.252 e. The van der Waals surface area contributed by atoms with Crippen LogP contribution < -0.4 is 0 Å². The number of carbonyl (C=O) groups is 1. The molecule has 0 aromatic heterocycles. The third kappa shape index (κ3) is 3.71. The van der Waals surface area contributed by atoms with Crippen molar-refractivity contribution in [2.75, 3.05) is 6.26 Å². The first-order valence-corrected chi connectivity index (χ1v) is 9.44. The van der Waals surface area contributed by atoms with Crippen LogP contribution in [0.1, 0.15) is 42.3 Å². The Hall–Kier alpha value is -0.760. The lowest BCUT2D eigenvalue weighted by atomic mass is 9.95. The minimum absolute atomic E-state index is 0.0795. The Bertz CT molecular complexity index is 708. The van der Waals surface area contributed by atoms with Crippen molar-refractivity contribution in [3.05, 3.63) is 28.8 Å². The van der Waals surface area contributed by atoms with Gasteiger partial charge in [-0.05, 0) is 60.1 Å². The fourth-order valence-corrected chi connectivity index (χ4v) is 3.60. The van der Waals surface area contributed by atoms with E-state index in [0.29, 0.717) is 12.0 Å². The lowest BCUT2D eigenvalue weighted by Crippen LogP contribution is -2.26. The Morgan fingerprint density at radius 2 is 1.90 bits per heavy atom. The van der Waals surface area contributed by atoms with Crippen LogP contribution in [-0.4, -0.2) is 28.7 Å². The average molecular weight is 352 g/mol. The van der Waals surface area contributed by atoms with Crippen LogP contribution in [0.2, 0.25) is 0 Å². The number of hydrogen-bond acceptors (Lipinski definition) is 5. The van der Waals surface area contributed by atoms with Crippen molar-refractivity contribution >= 4 is 37.8 Å². The highest BCUT2D eigenvalue weighted by atomic mass is 35.5. The maximum Gasteiger partial charge on any atom is 0.252 e. The minimum atomic E-state index is -3.72. The zero-order valence-electron chi connectivity index (χ0n) is 12.1. The fraction of sp³-hybridized carbons (Fsp3) is 0.462. The highest BCUT2D eigenvalue weighted by Gasteiger charge is 2.30. The van der Waals surface area contributed by atoms with Gasteiger partial charge in [0.25, 0.3) is 5.24 Å². The van der Waals surface area contributed by atoms with Crippen LogP contribution in [0.4, 0.5) is 0 Å². The normalized spacial score (nSPS) is 14.0. The Balaban J connectivity index is 3.87. The molecule has 0 aliphatic rings. The van der Waals surface area contributed by atoms with Crippen LogP contribution in [0.25, 0.3) is 0 Å². The van der Waals surface area contributed by atoms with Gasteiger partial charge in [-0.2, -0.15) is 0 Å². The van der Waals surface area contributed by atoms with Crippen LogP contribution in [0.3, 0.4) is 0 Å². The number of hydrogen-bond donors (Lipinski definition) is 0. The van der Waals surface area contributed by atoms with E-state index in [1.165, 1.54) is 19.9 Å². The quantitative estimate of drug-likeness (QED) is 0.598. The van der Waals surface area contributed by atoms with Crippen molar-refractivity contribution < 1.29 is 22.0 Å². The molecular weight excluding hydrogens is 336 g/mol. The van der Waals surface area contributed by atoms with Gasteiger partial charge in [-0.3, -0.25) is 9.00 Å². The van der Waals surface area contributed by atoms with Gasteiger partial charge in [-0.15, -0.1) is 0 Å². The van der Waals surface area contributed by atoms with E-state index >= 15 is 0 Å². The van der Waals surface area contributed by atoms with Crippen LogP contribution in [0.15, 0.2) is 17.0 Å². The molecule has 0 saturated carbocycles. The van der Waals surface area contributed by atoms with E-state index < -0.39 is 30.9 Å². The van der Waals surface area contributed by atoms with Crippen molar-refractivity contribution in [2.24, 2.45) is 0 Å². The Morgan fingerprint density at radius 3 is 2.24 bits per heavy atom. The molecular formula is C13H16ClO5S2-. The molecule has 0 heterocycles. The number of aryl methyl sites for hydroxylation is 1. The maximum atomic E-state index is 11.9. The molecule has 1 atom stereocenters. The molecule has 5 nitrogen and oxygen atoms in total. The lowest BCUT2D eigenvalue weighted by molar-refractivity contribution is 0.108. The molecule has 21 heavy (non-hydrogen) atoms. The number of benzene rings is 1. The van der Waals surface area contributed by atoms with E-state index in [1.54, 1.807) is 6.92 Å². The Kier molecular flexibility index (Phi) is 5.36. The summed E-state index contributed by atoms with van der Waals surface area (Å²) in [4.78, 5) is 11.3. The van der Waals surface area contributed by atoms with Gasteiger partial charge in [0.1, 0.15) is 0 Å². The molecule has 0 aliphatic heterocycles. The van der Waals surface area contributed by atoms with Crippen molar-refractivity contribution in [3.63, 3.8) is 0 Å². The van der Waals surface area contributed by atoms with Gasteiger partial charge >= 0.3 is 0 Å². The van der Waals surface area contributed by atoms with Gasteiger partial charge in [0.15, 0.2) is 9.84 Å². The molecule has 0 saturated heterocycles. The first-order chi connectivity index (χ1) is 9.42. The third-order valence-corrected chi connectivity index (χ3v) is 5.66. The lowest BCUT2D eigenvalue weighted by Gasteiger charge is -2.30. The first kappa shape index (κ1) is 18.3. The van der Waals surface area contributed by atoms with Gasteiger partial charge in [-0.25, -0.2) is 8.42 Å². The molecule has 0 fully saturated rings. The second-order valence-electron chi connectivity index (χ2n) is 5.15. The van der Waals surface area contributed by atoms with E-state index in [2.05, 4.69) is 0 Å². The number of carbonyl (C=O) groups excluding carboxylic acids is 1. The summed E-state index contributed by atoms with van der Waals surface area (Å²) in [5.74, 6) is 0. The second-order valence-corrected chi connectivity index (χ2v) is 8.97. The summed E-state index contributed by atoms with van der Waals surface area (Å²) in [5, 5.41) is -0.774. The second kappa shape index (κ2) is 6.16. The van der Waals surface area contributed by atoms with Crippen molar-refractivity contribution in [3.8, 4) is 0 Å². The zero-order valence-corrected chi connectivity index (χ0v) is 14.5.